The van der Waals surface area contributed by atoms with Crippen LogP contribution in [0.15, 0.2) is 0 Å². The quantitative estimate of drug-likeness (QED) is 0.599. The number of methoxy groups -OCH3 is 1. The van der Waals surface area contributed by atoms with Crippen molar-refractivity contribution in [3.63, 3.8) is 0 Å². The van der Waals surface area contributed by atoms with Crippen molar-refractivity contribution in [3.05, 3.63) is 0 Å². The highest BCUT2D eigenvalue weighted by atomic mass is 16.5. The van der Waals surface area contributed by atoms with Crippen LogP contribution < -0.4 is 5.32 Å². The van der Waals surface area contributed by atoms with Gasteiger partial charge in [-0.15, -0.1) is 0 Å². The van der Waals surface area contributed by atoms with Crippen molar-refractivity contribution < 1.29 is 9.53 Å². The maximum atomic E-state index is 10.8. The monoisotopic (exact) mass is 157 g/mol. The van der Waals surface area contributed by atoms with Crippen molar-refractivity contribution >= 4 is 5.97 Å². The lowest BCUT2D eigenvalue weighted by Gasteiger charge is -2.21. The number of hydrogen-bond donors (Lipinski definition) is 1. The molecular weight excluding hydrogens is 142 g/mol. The zero-order chi connectivity index (χ0) is 8.10. The van der Waals surface area contributed by atoms with Gasteiger partial charge in [-0.2, -0.15) is 0 Å². The number of esters is 1. The smallest absolute Gasteiger partial charge is 0.307 e. The first-order valence-corrected chi connectivity index (χ1v) is 4.13. The van der Waals surface area contributed by atoms with E-state index in [1.54, 1.807) is 0 Å². The van der Waals surface area contributed by atoms with Gasteiger partial charge in [-0.05, 0) is 19.4 Å². The second kappa shape index (κ2) is 4.34. The Hall–Kier alpha value is -0.570. The minimum absolute atomic E-state index is 0.107. The van der Waals surface area contributed by atoms with Crippen LogP contribution in [0.4, 0.5) is 0 Å². The van der Waals surface area contributed by atoms with E-state index in [2.05, 4.69) is 10.1 Å². The molecule has 0 unspecified atom stereocenters. The summed E-state index contributed by atoms with van der Waals surface area (Å²) in [5, 5.41) is 3.28. The summed E-state index contributed by atoms with van der Waals surface area (Å²) < 4.78 is 4.57. The fourth-order valence-corrected chi connectivity index (χ4v) is 1.38. The van der Waals surface area contributed by atoms with Gasteiger partial charge in [0.05, 0.1) is 13.5 Å². The molecule has 0 radical (unpaired) electrons. The highest BCUT2D eigenvalue weighted by Crippen LogP contribution is 2.09. The van der Waals surface area contributed by atoms with Gasteiger partial charge in [0.1, 0.15) is 0 Å². The van der Waals surface area contributed by atoms with Gasteiger partial charge in [-0.1, -0.05) is 6.42 Å². The molecular formula is C8H15NO2. The molecule has 0 amide bonds. The number of rotatable bonds is 2. The van der Waals surface area contributed by atoms with Crippen molar-refractivity contribution in [2.24, 2.45) is 0 Å². The normalized spacial score (nSPS) is 24.6. The molecule has 1 atom stereocenters. The predicted molar refractivity (Wildman–Crippen MR) is 42.3 cm³/mol. The predicted octanol–water partition coefficient (Wildman–Crippen LogP) is 0.692. The summed E-state index contributed by atoms with van der Waals surface area (Å²) in [5.41, 5.74) is 0. The van der Waals surface area contributed by atoms with Crippen molar-refractivity contribution in [2.75, 3.05) is 13.7 Å². The minimum Gasteiger partial charge on any atom is -0.469 e. The van der Waals surface area contributed by atoms with Crippen LogP contribution in [0.3, 0.4) is 0 Å². The van der Waals surface area contributed by atoms with Crippen LogP contribution in [0.5, 0.6) is 0 Å². The molecule has 1 rings (SSSR count). The molecule has 0 aromatic heterocycles. The minimum atomic E-state index is -0.107. The van der Waals surface area contributed by atoms with Crippen LogP contribution in [0, 0.1) is 0 Å². The highest BCUT2D eigenvalue weighted by Gasteiger charge is 2.15. The van der Waals surface area contributed by atoms with Gasteiger partial charge in [0.25, 0.3) is 0 Å². The maximum absolute atomic E-state index is 10.8. The lowest BCUT2D eigenvalue weighted by atomic mass is 10.0. The molecule has 1 aliphatic rings. The fourth-order valence-electron chi connectivity index (χ4n) is 1.38. The fraction of sp³-hybridized carbons (Fsp3) is 0.875. The van der Waals surface area contributed by atoms with Gasteiger partial charge in [-0.3, -0.25) is 4.79 Å². The third kappa shape index (κ3) is 2.89. The van der Waals surface area contributed by atoms with E-state index in [9.17, 15) is 4.79 Å². The average molecular weight is 157 g/mol. The number of carbonyl (C=O) groups is 1. The van der Waals surface area contributed by atoms with Crippen molar-refractivity contribution in [1.29, 1.82) is 0 Å². The molecule has 1 saturated heterocycles. The third-order valence-electron chi connectivity index (χ3n) is 2.05. The van der Waals surface area contributed by atoms with E-state index in [0.29, 0.717) is 12.5 Å². The summed E-state index contributed by atoms with van der Waals surface area (Å²) in [4.78, 5) is 10.8. The topological polar surface area (TPSA) is 38.3 Å². The first kappa shape index (κ1) is 8.53. The van der Waals surface area contributed by atoms with Crippen molar-refractivity contribution in [3.8, 4) is 0 Å². The Bertz CT molecular complexity index is 130. The van der Waals surface area contributed by atoms with E-state index in [4.69, 9.17) is 0 Å². The molecule has 0 bridgehead atoms. The van der Waals surface area contributed by atoms with Crippen LogP contribution >= 0.6 is 0 Å². The molecule has 11 heavy (non-hydrogen) atoms. The Labute approximate surface area is 67.1 Å². The first-order chi connectivity index (χ1) is 5.33. The van der Waals surface area contributed by atoms with E-state index >= 15 is 0 Å². The lowest BCUT2D eigenvalue weighted by Crippen LogP contribution is -2.35. The van der Waals surface area contributed by atoms with E-state index in [1.807, 2.05) is 0 Å². The lowest BCUT2D eigenvalue weighted by molar-refractivity contribution is -0.141. The molecule has 1 fully saturated rings. The molecule has 1 aliphatic heterocycles. The molecule has 3 nitrogen and oxygen atoms in total. The zero-order valence-corrected chi connectivity index (χ0v) is 6.93. The van der Waals surface area contributed by atoms with E-state index in [1.165, 1.54) is 20.0 Å². The van der Waals surface area contributed by atoms with Crippen LogP contribution in [0.1, 0.15) is 25.7 Å². The van der Waals surface area contributed by atoms with Gasteiger partial charge in [0, 0.05) is 6.04 Å². The Morgan fingerprint density at radius 2 is 2.45 bits per heavy atom. The zero-order valence-electron chi connectivity index (χ0n) is 6.93. The second-order valence-corrected chi connectivity index (χ2v) is 2.93. The van der Waals surface area contributed by atoms with Crippen LogP contribution in [0.25, 0.3) is 0 Å². The van der Waals surface area contributed by atoms with Gasteiger partial charge >= 0.3 is 5.97 Å². The second-order valence-electron chi connectivity index (χ2n) is 2.93. The Balaban J connectivity index is 2.19. The summed E-state index contributed by atoms with van der Waals surface area (Å²) in [6.45, 7) is 1.04. The molecule has 0 spiro atoms. The van der Waals surface area contributed by atoms with E-state index < -0.39 is 0 Å². The molecule has 0 aromatic carbocycles. The van der Waals surface area contributed by atoms with Crippen molar-refractivity contribution in [2.45, 2.75) is 31.7 Å². The summed E-state index contributed by atoms with van der Waals surface area (Å²) in [7, 11) is 1.44. The van der Waals surface area contributed by atoms with E-state index in [-0.39, 0.29) is 5.97 Å². The molecule has 64 valence electrons. The summed E-state index contributed by atoms with van der Waals surface area (Å²) in [5.74, 6) is -0.107. The SMILES string of the molecule is COC(=O)C[C@@H]1CCCCN1. The highest BCUT2D eigenvalue weighted by molar-refractivity contribution is 5.69. The number of nitrogens with one attached hydrogen (secondary N) is 1. The largest absolute Gasteiger partial charge is 0.469 e. The van der Waals surface area contributed by atoms with Gasteiger partial charge in [0.2, 0.25) is 0 Å². The third-order valence-corrected chi connectivity index (χ3v) is 2.05. The van der Waals surface area contributed by atoms with Crippen molar-refractivity contribution in [1.82, 2.24) is 5.32 Å². The number of ether oxygens (including phenoxy) is 1. The summed E-state index contributed by atoms with van der Waals surface area (Å²) in [6.07, 6.45) is 4.10. The van der Waals surface area contributed by atoms with Crippen LogP contribution in [-0.2, 0) is 9.53 Å². The van der Waals surface area contributed by atoms with Gasteiger partial charge in [-0.25, -0.2) is 0 Å². The van der Waals surface area contributed by atoms with Gasteiger partial charge in [0.15, 0.2) is 0 Å². The number of carbonyl (C=O) groups excluding carboxylic acids is 1. The Morgan fingerprint density at radius 3 is 3.00 bits per heavy atom. The van der Waals surface area contributed by atoms with Gasteiger partial charge < -0.3 is 10.1 Å². The Morgan fingerprint density at radius 1 is 1.64 bits per heavy atom. The average Bonchev–Trinajstić information content (AvgIpc) is 2.06. The molecule has 0 aliphatic carbocycles. The Kier molecular flexibility index (Phi) is 3.36. The number of hydrogen-bond acceptors (Lipinski definition) is 3. The van der Waals surface area contributed by atoms with Crippen LogP contribution in [0.2, 0.25) is 0 Å². The maximum Gasteiger partial charge on any atom is 0.307 e. The standard InChI is InChI=1S/C8H15NO2/c1-11-8(10)6-7-4-2-3-5-9-7/h7,9H,2-6H2,1H3/t7-/m0/s1. The van der Waals surface area contributed by atoms with E-state index in [0.717, 1.165) is 13.0 Å². The summed E-state index contributed by atoms with van der Waals surface area (Å²) >= 11 is 0. The van der Waals surface area contributed by atoms with Crippen LogP contribution in [-0.4, -0.2) is 25.7 Å². The molecule has 1 heterocycles. The number of piperidine rings is 1. The molecule has 0 aromatic rings. The summed E-state index contributed by atoms with van der Waals surface area (Å²) in [6, 6.07) is 0.358. The molecule has 1 N–H and O–H groups in total. The molecule has 3 heteroatoms. The first-order valence-electron chi connectivity index (χ1n) is 4.13. The molecule has 0 saturated carbocycles.